The summed E-state index contributed by atoms with van der Waals surface area (Å²) in [6, 6.07) is 23.8. The molecule has 0 atom stereocenters. The molecular formula is C23H22N4O3S. The molecule has 0 aliphatic rings. The zero-order valence-corrected chi connectivity index (χ0v) is 17.9. The Morgan fingerprint density at radius 1 is 0.806 bits per heavy atom. The normalized spacial score (nSPS) is 12.3. The molecule has 0 radical (unpaired) electrons. The summed E-state index contributed by atoms with van der Waals surface area (Å²) >= 11 is 0. The summed E-state index contributed by atoms with van der Waals surface area (Å²) in [5.41, 5.74) is 7.27. The number of sulfone groups is 1. The fourth-order valence-corrected chi connectivity index (χ4v) is 3.97. The van der Waals surface area contributed by atoms with Gasteiger partial charge >= 0.3 is 0 Å². The summed E-state index contributed by atoms with van der Waals surface area (Å²) < 4.78 is 26.4. The van der Waals surface area contributed by atoms with Crippen LogP contribution in [0.1, 0.15) is 22.8 Å². The molecule has 0 bridgehead atoms. The summed E-state index contributed by atoms with van der Waals surface area (Å²) in [7, 11) is -3.99. The van der Waals surface area contributed by atoms with E-state index >= 15 is 0 Å². The van der Waals surface area contributed by atoms with Crippen molar-refractivity contribution in [3.05, 3.63) is 96.1 Å². The first kappa shape index (κ1) is 21.9. The maximum atomic E-state index is 13.2. The van der Waals surface area contributed by atoms with Gasteiger partial charge in [0.25, 0.3) is 5.91 Å². The molecule has 0 aliphatic carbocycles. The Morgan fingerprint density at radius 3 is 2.00 bits per heavy atom. The molecule has 0 heterocycles. The van der Waals surface area contributed by atoms with Crippen LogP contribution >= 0.6 is 0 Å². The van der Waals surface area contributed by atoms with Gasteiger partial charge < -0.3 is 0 Å². The van der Waals surface area contributed by atoms with Crippen molar-refractivity contribution in [3.8, 4) is 0 Å². The molecule has 0 aromatic heterocycles. The molecule has 8 heteroatoms. The molecule has 31 heavy (non-hydrogen) atoms. The molecule has 3 aromatic rings. The lowest BCUT2D eigenvalue weighted by molar-refractivity contribution is 0.0955. The molecule has 1 amide bonds. The number of nitrogens with zero attached hydrogens (tertiary/aromatic N) is 2. The van der Waals surface area contributed by atoms with Gasteiger partial charge in [0.2, 0.25) is 14.9 Å². The van der Waals surface area contributed by atoms with Gasteiger partial charge in [-0.25, -0.2) is 13.8 Å². The first-order valence-electron chi connectivity index (χ1n) is 9.48. The summed E-state index contributed by atoms with van der Waals surface area (Å²) in [5.74, 6) is -0.456. The number of anilines is 1. The van der Waals surface area contributed by atoms with Crippen LogP contribution in [0, 0.1) is 6.92 Å². The quantitative estimate of drug-likeness (QED) is 0.348. The molecule has 0 unspecified atom stereocenters. The third-order valence-corrected chi connectivity index (χ3v) is 6.11. The van der Waals surface area contributed by atoms with Gasteiger partial charge in [-0.1, -0.05) is 54.1 Å². The third kappa shape index (κ3) is 5.64. The van der Waals surface area contributed by atoms with E-state index in [9.17, 15) is 13.2 Å². The lowest BCUT2D eigenvalue weighted by atomic mass is 10.2. The molecule has 2 N–H and O–H groups in total. The summed E-state index contributed by atoms with van der Waals surface area (Å²) in [6.07, 6.45) is 0. The SMILES string of the molecule is CC(=N\NC(=O)c1ccccc1)/C(=N/Nc1ccc(C)cc1)S(=O)(=O)c1ccccc1. The van der Waals surface area contributed by atoms with E-state index in [0.29, 0.717) is 11.3 Å². The van der Waals surface area contributed by atoms with Gasteiger partial charge in [0.1, 0.15) is 0 Å². The second-order valence-corrected chi connectivity index (χ2v) is 8.58. The number of carbonyl (C=O) groups is 1. The highest BCUT2D eigenvalue weighted by molar-refractivity contribution is 8.08. The number of amides is 1. The Bertz CT molecular complexity index is 1200. The molecule has 158 valence electrons. The van der Waals surface area contributed by atoms with Crippen molar-refractivity contribution in [1.82, 2.24) is 5.43 Å². The lowest BCUT2D eigenvalue weighted by Crippen LogP contribution is -2.28. The van der Waals surface area contributed by atoms with Crippen LogP contribution in [0.5, 0.6) is 0 Å². The Morgan fingerprint density at radius 2 is 1.39 bits per heavy atom. The van der Waals surface area contributed by atoms with Gasteiger partial charge in [0.15, 0.2) is 0 Å². The van der Waals surface area contributed by atoms with Gasteiger partial charge in [-0.2, -0.15) is 10.2 Å². The van der Waals surface area contributed by atoms with Crippen molar-refractivity contribution in [2.45, 2.75) is 18.7 Å². The number of carbonyl (C=O) groups excluding carboxylic acids is 1. The standard InChI is InChI=1S/C23H22N4O3S/c1-17-13-15-20(16-14-17)25-27-23(31(29,30)21-11-7-4-8-12-21)18(2)24-26-22(28)19-9-5-3-6-10-19/h3-16,25H,1-2H3,(H,26,28)/b24-18+,27-23-. The maximum Gasteiger partial charge on any atom is 0.271 e. The molecule has 3 aromatic carbocycles. The Labute approximate surface area is 181 Å². The van der Waals surface area contributed by atoms with Crippen LogP contribution in [0.3, 0.4) is 0 Å². The Balaban J connectivity index is 1.93. The number of nitrogens with one attached hydrogen (secondary N) is 2. The fourth-order valence-electron chi connectivity index (χ4n) is 2.63. The topological polar surface area (TPSA) is 100.0 Å². The number of hydrazone groups is 2. The van der Waals surface area contributed by atoms with Crippen molar-refractivity contribution >= 4 is 32.2 Å². The summed E-state index contributed by atoms with van der Waals surface area (Å²) in [6.45, 7) is 3.42. The van der Waals surface area contributed by atoms with E-state index in [2.05, 4.69) is 21.1 Å². The van der Waals surface area contributed by atoms with E-state index < -0.39 is 15.7 Å². The van der Waals surface area contributed by atoms with Crippen LogP contribution in [0.25, 0.3) is 0 Å². The highest BCUT2D eigenvalue weighted by atomic mass is 32.2. The van der Waals surface area contributed by atoms with Gasteiger partial charge in [0.05, 0.1) is 16.3 Å². The summed E-state index contributed by atoms with van der Waals surface area (Å²) in [5, 5.41) is 7.81. The van der Waals surface area contributed by atoms with E-state index in [1.165, 1.54) is 19.1 Å². The fraction of sp³-hybridized carbons (Fsp3) is 0.0870. The Hall–Kier alpha value is -3.78. The van der Waals surface area contributed by atoms with Gasteiger partial charge in [-0.15, -0.1) is 0 Å². The zero-order valence-electron chi connectivity index (χ0n) is 17.1. The van der Waals surface area contributed by atoms with E-state index in [1.54, 1.807) is 60.7 Å². The summed E-state index contributed by atoms with van der Waals surface area (Å²) in [4.78, 5) is 12.4. The van der Waals surface area contributed by atoms with Crippen LogP contribution in [-0.4, -0.2) is 25.1 Å². The van der Waals surface area contributed by atoms with Gasteiger partial charge in [-0.3, -0.25) is 10.2 Å². The average Bonchev–Trinajstić information content (AvgIpc) is 2.80. The average molecular weight is 435 g/mol. The van der Waals surface area contributed by atoms with E-state index in [0.717, 1.165) is 5.56 Å². The second kappa shape index (κ2) is 9.82. The first-order valence-corrected chi connectivity index (χ1v) is 11.0. The molecule has 0 saturated heterocycles. The van der Waals surface area contributed by atoms with Crippen molar-refractivity contribution < 1.29 is 13.2 Å². The number of hydrogen-bond donors (Lipinski definition) is 2. The second-order valence-electron chi connectivity index (χ2n) is 6.72. The largest absolute Gasteiger partial charge is 0.277 e. The predicted molar refractivity (Wildman–Crippen MR) is 123 cm³/mol. The minimum absolute atomic E-state index is 0.0349. The monoisotopic (exact) mass is 434 g/mol. The third-order valence-electron chi connectivity index (χ3n) is 4.32. The predicted octanol–water partition coefficient (Wildman–Crippen LogP) is 4.00. The van der Waals surface area contributed by atoms with E-state index in [-0.39, 0.29) is 15.7 Å². The molecule has 0 spiro atoms. The highest BCUT2D eigenvalue weighted by Crippen LogP contribution is 2.15. The smallest absolute Gasteiger partial charge is 0.271 e. The van der Waals surface area contributed by atoms with E-state index in [4.69, 9.17) is 0 Å². The molecule has 0 fully saturated rings. The number of hydrogen-bond acceptors (Lipinski definition) is 6. The van der Waals surface area contributed by atoms with Gasteiger partial charge in [0, 0.05) is 5.56 Å². The molecular weight excluding hydrogens is 412 g/mol. The first-order chi connectivity index (χ1) is 14.9. The lowest BCUT2D eigenvalue weighted by Gasteiger charge is -2.10. The van der Waals surface area contributed by atoms with Crippen LogP contribution < -0.4 is 10.9 Å². The highest BCUT2D eigenvalue weighted by Gasteiger charge is 2.26. The van der Waals surface area contributed by atoms with Gasteiger partial charge in [-0.05, 0) is 50.2 Å². The van der Waals surface area contributed by atoms with Crippen LogP contribution in [0.2, 0.25) is 0 Å². The van der Waals surface area contributed by atoms with Crippen molar-refractivity contribution in [3.63, 3.8) is 0 Å². The van der Waals surface area contributed by atoms with Crippen molar-refractivity contribution in [2.24, 2.45) is 10.2 Å². The maximum absolute atomic E-state index is 13.2. The molecule has 3 rings (SSSR count). The minimum atomic E-state index is -3.99. The Kier molecular flexibility index (Phi) is 6.94. The minimum Gasteiger partial charge on any atom is -0.277 e. The number of aryl methyl sites for hydroxylation is 1. The molecule has 0 saturated carbocycles. The number of benzene rings is 3. The van der Waals surface area contributed by atoms with Crippen LogP contribution in [0.15, 0.2) is 100 Å². The van der Waals surface area contributed by atoms with Crippen molar-refractivity contribution in [1.29, 1.82) is 0 Å². The van der Waals surface area contributed by atoms with Crippen LogP contribution in [0.4, 0.5) is 5.69 Å². The zero-order chi connectivity index (χ0) is 22.3. The van der Waals surface area contributed by atoms with Crippen LogP contribution in [-0.2, 0) is 9.84 Å². The van der Waals surface area contributed by atoms with E-state index in [1.807, 2.05) is 19.1 Å². The molecule has 0 aliphatic heterocycles. The number of rotatable bonds is 6. The van der Waals surface area contributed by atoms with Crippen molar-refractivity contribution in [2.75, 3.05) is 5.43 Å². The molecule has 7 nitrogen and oxygen atoms in total.